The number of nitrogens with zero attached hydrogens (tertiary/aromatic N) is 3. The first-order valence-corrected chi connectivity index (χ1v) is 7.09. The molecule has 0 unspecified atom stereocenters. The van der Waals surface area contributed by atoms with Crippen LogP contribution < -0.4 is 0 Å². The van der Waals surface area contributed by atoms with Gasteiger partial charge in [-0.25, -0.2) is 4.39 Å². The van der Waals surface area contributed by atoms with Gasteiger partial charge >= 0.3 is 0 Å². The monoisotopic (exact) mass is 289 g/mol. The van der Waals surface area contributed by atoms with Crippen molar-refractivity contribution in [2.45, 2.75) is 25.7 Å². The van der Waals surface area contributed by atoms with Crippen LogP contribution in [0, 0.1) is 5.82 Å². The lowest BCUT2D eigenvalue weighted by molar-refractivity contribution is -0.130. The smallest absolute Gasteiger partial charge is 0.250 e. The average Bonchev–Trinajstić information content (AvgIpc) is 3.17. The van der Waals surface area contributed by atoms with Crippen molar-refractivity contribution in [2.24, 2.45) is 0 Å². The molecule has 1 amide bonds. The van der Waals surface area contributed by atoms with E-state index in [-0.39, 0.29) is 17.4 Å². The summed E-state index contributed by atoms with van der Waals surface area (Å²) in [7, 11) is 0. The molecule has 1 aromatic heterocycles. The van der Waals surface area contributed by atoms with Gasteiger partial charge in [0, 0.05) is 25.9 Å². The van der Waals surface area contributed by atoms with Crippen LogP contribution >= 0.6 is 0 Å². The molecule has 0 aliphatic carbocycles. The predicted octanol–water partition coefficient (Wildman–Crippen LogP) is 2.43. The van der Waals surface area contributed by atoms with Gasteiger partial charge in [0.05, 0.1) is 5.56 Å². The van der Waals surface area contributed by atoms with E-state index in [4.69, 9.17) is 4.42 Å². The Bertz CT molecular complexity index is 635. The van der Waals surface area contributed by atoms with E-state index in [1.165, 1.54) is 6.07 Å². The number of hydrogen-bond donors (Lipinski definition) is 0. The fourth-order valence-electron chi connectivity index (χ4n) is 2.44. The Morgan fingerprint density at radius 1 is 1.24 bits per heavy atom. The van der Waals surface area contributed by atoms with Crippen LogP contribution in [0.15, 0.2) is 28.7 Å². The maximum atomic E-state index is 13.6. The molecule has 2 heterocycles. The lowest BCUT2D eigenvalue weighted by Gasteiger charge is -2.13. The summed E-state index contributed by atoms with van der Waals surface area (Å²) in [5.41, 5.74) is 0.280. The maximum Gasteiger partial charge on any atom is 0.250 e. The van der Waals surface area contributed by atoms with E-state index in [1.54, 1.807) is 18.2 Å². The summed E-state index contributed by atoms with van der Waals surface area (Å²) < 4.78 is 19.0. The first kappa shape index (κ1) is 13.7. The van der Waals surface area contributed by atoms with Gasteiger partial charge in [-0.3, -0.25) is 4.79 Å². The Hall–Kier alpha value is -2.24. The summed E-state index contributed by atoms with van der Waals surface area (Å²) >= 11 is 0. The second-order valence-electron chi connectivity index (χ2n) is 5.07. The van der Waals surface area contributed by atoms with Gasteiger partial charge in [-0.05, 0) is 25.0 Å². The molecule has 0 saturated carbocycles. The summed E-state index contributed by atoms with van der Waals surface area (Å²) in [5.74, 6) is 0.219. The number of benzene rings is 1. The van der Waals surface area contributed by atoms with Crippen LogP contribution in [0.25, 0.3) is 11.5 Å². The van der Waals surface area contributed by atoms with Crippen LogP contribution in [0.4, 0.5) is 4.39 Å². The van der Waals surface area contributed by atoms with Crippen molar-refractivity contribution in [3.8, 4) is 11.5 Å². The van der Waals surface area contributed by atoms with Crippen molar-refractivity contribution in [3.63, 3.8) is 0 Å². The summed E-state index contributed by atoms with van der Waals surface area (Å²) in [5, 5.41) is 7.72. The summed E-state index contributed by atoms with van der Waals surface area (Å²) in [4.78, 5) is 13.8. The molecule has 0 radical (unpaired) electrons. The number of amides is 1. The topological polar surface area (TPSA) is 59.2 Å². The molecule has 21 heavy (non-hydrogen) atoms. The van der Waals surface area contributed by atoms with Gasteiger partial charge < -0.3 is 9.32 Å². The second-order valence-corrected chi connectivity index (χ2v) is 5.07. The third kappa shape index (κ3) is 3.09. The SMILES string of the molecule is O=C(CCc1nnc(-c2ccccc2F)o1)N1CCCC1. The van der Waals surface area contributed by atoms with Gasteiger partial charge in [0.2, 0.25) is 11.8 Å². The molecule has 0 atom stereocenters. The van der Waals surface area contributed by atoms with Crippen LogP contribution in [0.1, 0.15) is 25.2 Å². The van der Waals surface area contributed by atoms with Gasteiger partial charge in [-0.1, -0.05) is 12.1 Å². The van der Waals surface area contributed by atoms with E-state index in [0.717, 1.165) is 25.9 Å². The number of hydrogen-bond acceptors (Lipinski definition) is 4. The quantitative estimate of drug-likeness (QED) is 0.867. The number of aryl methyl sites for hydroxylation is 1. The lowest BCUT2D eigenvalue weighted by Crippen LogP contribution is -2.27. The zero-order chi connectivity index (χ0) is 14.7. The van der Waals surface area contributed by atoms with Crippen molar-refractivity contribution in [1.29, 1.82) is 0 Å². The van der Waals surface area contributed by atoms with Gasteiger partial charge in [0.1, 0.15) is 5.82 Å². The van der Waals surface area contributed by atoms with Crippen molar-refractivity contribution >= 4 is 5.91 Å². The fraction of sp³-hybridized carbons (Fsp3) is 0.400. The second kappa shape index (κ2) is 6.03. The van der Waals surface area contributed by atoms with Crippen molar-refractivity contribution in [2.75, 3.05) is 13.1 Å². The maximum absolute atomic E-state index is 13.6. The molecule has 1 aliphatic rings. The van der Waals surface area contributed by atoms with E-state index >= 15 is 0 Å². The Balaban J connectivity index is 1.63. The van der Waals surface area contributed by atoms with Crippen molar-refractivity contribution in [3.05, 3.63) is 36.0 Å². The molecule has 3 rings (SSSR count). The normalized spacial score (nSPS) is 14.6. The van der Waals surface area contributed by atoms with E-state index < -0.39 is 5.82 Å². The van der Waals surface area contributed by atoms with Crippen LogP contribution in [-0.2, 0) is 11.2 Å². The zero-order valence-corrected chi connectivity index (χ0v) is 11.6. The Labute approximate surface area is 121 Å². The number of carbonyl (C=O) groups excluding carboxylic acids is 1. The minimum Gasteiger partial charge on any atom is -0.421 e. The van der Waals surface area contributed by atoms with Gasteiger partial charge in [-0.15, -0.1) is 10.2 Å². The molecule has 6 heteroatoms. The number of halogens is 1. The van der Waals surface area contributed by atoms with E-state index in [0.29, 0.717) is 18.7 Å². The van der Waals surface area contributed by atoms with Gasteiger partial charge in [0.15, 0.2) is 0 Å². The lowest BCUT2D eigenvalue weighted by atomic mass is 10.2. The third-order valence-electron chi connectivity index (χ3n) is 3.58. The van der Waals surface area contributed by atoms with E-state index in [1.807, 2.05) is 4.90 Å². The molecular formula is C15H16FN3O2. The number of likely N-dealkylation sites (tertiary alicyclic amines) is 1. The molecule has 110 valence electrons. The molecule has 1 aliphatic heterocycles. The van der Waals surface area contributed by atoms with Crippen LogP contribution in [-0.4, -0.2) is 34.1 Å². The first-order valence-electron chi connectivity index (χ1n) is 7.09. The highest BCUT2D eigenvalue weighted by atomic mass is 19.1. The third-order valence-corrected chi connectivity index (χ3v) is 3.58. The molecule has 2 aromatic rings. The standard InChI is InChI=1S/C15H16FN3O2/c16-12-6-2-1-5-11(12)15-18-17-13(21-15)7-8-14(20)19-9-3-4-10-19/h1-2,5-6H,3-4,7-10H2. The van der Waals surface area contributed by atoms with Crippen LogP contribution in [0.5, 0.6) is 0 Å². The van der Waals surface area contributed by atoms with Crippen LogP contribution in [0.3, 0.4) is 0 Å². The number of carbonyl (C=O) groups is 1. The van der Waals surface area contributed by atoms with Crippen LogP contribution in [0.2, 0.25) is 0 Å². The van der Waals surface area contributed by atoms with E-state index in [9.17, 15) is 9.18 Å². The highest BCUT2D eigenvalue weighted by Crippen LogP contribution is 2.21. The molecule has 0 spiro atoms. The Kier molecular flexibility index (Phi) is 3.94. The highest BCUT2D eigenvalue weighted by molar-refractivity contribution is 5.76. The fourth-order valence-corrected chi connectivity index (χ4v) is 2.44. The van der Waals surface area contributed by atoms with Crippen molar-refractivity contribution in [1.82, 2.24) is 15.1 Å². The summed E-state index contributed by atoms with van der Waals surface area (Å²) in [6.45, 7) is 1.67. The largest absolute Gasteiger partial charge is 0.421 e. The molecular weight excluding hydrogens is 273 g/mol. The molecule has 0 bridgehead atoms. The zero-order valence-electron chi connectivity index (χ0n) is 11.6. The number of aromatic nitrogens is 2. The molecule has 5 nitrogen and oxygen atoms in total. The van der Waals surface area contributed by atoms with E-state index in [2.05, 4.69) is 10.2 Å². The van der Waals surface area contributed by atoms with Gasteiger partial charge in [0.25, 0.3) is 5.89 Å². The Morgan fingerprint density at radius 3 is 2.76 bits per heavy atom. The highest BCUT2D eigenvalue weighted by Gasteiger charge is 2.19. The minimum atomic E-state index is -0.402. The van der Waals surface area contributed by atoms with Gasteiger partial charge in [-0.2, -0.15) is 0 Å². The minimum absolute atomic E-state index is 0.109. The predicted molar refractivity (Wildman–Crippen MR) is 73.8 cm³/mol. The molecule has 1 fully saturated rings. The average molecular weight is 289 g/mol. The number of rotatable bonds is 4. The molecule has 0 N–H and O–H groups in total. The molecule has 1 aromatic carbocycles. The summed E-state index contributed by atoms with van der Waals surface area (Å²) in [6, 6.07) is 6.24. The summed E-state index contributed by atoms with van der Waals surface area (Å²) in [6.07, 6.45) is 2.88. The Morgan fingerprint density at radius 2 is 2.00 bits per heavy atom. The molecule has 1 saturated heterocycles. The van der Waals surface area contributed by atoms with Crippen molar-refractivity contribution < 1.29 is 13.6 Å². The first-order chi connectivity index (χ1) is 10.2.